The molecule has 5 aromatic carbocycles. The molecule has 4 amide bonds. The van der Waals surface area contributed by atoms with Gasteiger partial charge in [0.05, 0.1) is 0 Å². The minimum Gasteiger partial charge on any atom is -0.277 e. The zero-order valence-electron chi connectivity index (χ0n) is 18.4. The normalized spacial score (nSPS) is 15.8. The standard InChI is InChI=1S/C27H15BrN2O4/c1-10-8-15-21-16(27(34)30(3)26(15)33)9-17(28)22-12-5-7-14-20-13(24(31)29(2)25(14)32)6-4-11(19(12)20)18(10)23(21)22/h4-9H,1-3H3. The summed E-state index contributed by atoms with van der Waals surface area (Å²) in [7, 11) is 3.00. The molecule has 7 rings (SSSR count). The first kappa shape index (κ1) is 19.6. The van der Waals surface area contributed by atoms with Gasteiger partial charge in [-0.05, 0) is 58.3 Å². The Bertz CT molecular complexity index is 1760. The number of fused-ring (bicyclic) bond motifs is 2. The smallest absolute Gasteiger partial charge is 0.261 e. The SMILES string of the molecule is Cc1cc2c3c(cc(Br)c4c5ccc6c7c(ccc(c1c34)c75)C(=O)N(C)C6=O)C(=O)N(C)C2=O. The van der Waals surface area contributed by atoms with Crippen LogP contribution in [0.2, 0.25) is 0 Å². The quantitative estimate of drug-likeness (QED) is 0.162. The number of aryl methyl sites for hydroxylation is 1. The summed E-state index contributed by atoms with van der Waals surface area (Å²) in [4.78, 5) is 54.4. The lowest BCUT2D eigenvalue weighted by Gasteiger charge is -2.29. The van der Waals surface area contributed by atoms with E-state index in [1.54, 1.807) is 18.2 Å². The minimum absolute atomic E-state index is 0.323. The second-order valence-electron chi connectivity index (χ2n) is 9.06. The van der Waals surface area contributed by atoms with Crippen LogP contribution < -0.4 is 0 Å². The Labute approximate surface area is 201 Å². The molecule has 0 saturated carbocycles. The largest absolute Gasteiger partial charge is 0.277 e. The first-order valence-electron chi connectivity index (χ1n) is 10.8. The predicted molar refractivity (Wildman–Crippen MR) is 133 cm³/mol. The van der Waals surface area contributed by atoms with E-state index in [9.17, 15) is 19.2 Å². The maximum Gasteiger partial charge on any atom is 0.261 e. The number of nitrogens with zero attached hydrogens (tertiary/aromatic N) is 2. The van der Waals surface area contributed by atoms with Crippen LogP contribution >= 0.6 is 15.9 Å². The van der Waals surface area contributed by atoms with Crippen LogP contribution in [-0.2, 0) is 0 Å². The molecule has 0 atom stereocenters. The molecule has 34 heavy (non-hydrogen) atoms. The van der Waals surface area contributed by atoms with Crippen molar-refractivity contribution in [2.45, 2.75) is 6.92 Å². The summed E-state index contributed by atoms with van der Waals surface area (Å²) >= 11 is 3.69. The molecule has 0 fully saturated rings. The van der Waals surface area contributed by atoms with Gasteiger partial charge in [0.2, 0.25) is 0 Å². The fourth-order valence-corrected chi connectivity index (χ4v) is 6.50. The number of carbonyl (C=O) groups excluding carboxylic acids is 4. The number of hydrogen-bond donors (Lipinski definition) is 0. The molecule has 0 aliphatic carbocycles. The van der Waals surface area contributed by atoms with Crippen LogP contribution in [0.4, 0.5) is 0 Å². The molecule has 0 radical (unpaired) electrons. The van der Waals surface area contributed by atoms with Crippen molar-refractivity contribution >= 4 is 82.6 Å². The van der Waals surface area contributed by atoms with Crippen LogP contribution in [0.3, 0.4) is 0 Å². The maximum atomic E-state index is 13.1. The van der Waals surface area contributed by atoms with Crippen LogP contribution in [0, 0.1) is 6.92 Å². The van der Waals surface area contributed by atoms with Crippen molar-refractivity contribution in [1.29, 1.82) is 0 Å². The summed E-state index contributed by atoms with van der Waals surface area (Å²) in [6, 6.07) is 11.0. The summed E-state index contributed by atoms with van der Waals surface area (Å²) in [5.41, 5.74) is 2.86. The van der Waals surface area contributed by atoms with Gasteiger partial charge in [0.15, 0.2) is 0 Å². The average molecular weight is 511 g/mol. The number of halogens is 1. The highest BCUT2D eigenvalue weighted by Gasteiger charge is 2.35. The fraction of sp³-hybridized carbons (Fsp3) is 0.111. The van der Waals surface area contributed by atoms with Crippen LogP contribution in [-0.4, -0.2) is 47.5 Å². The molecule has 2 heterocycles. The third kappa shape index (κ3) is 1.99. The summed E-state index contributed by atoms with van der Waals surface area (Å²) in [6.07, 6.45) is 0. The Morgan fingerprint density at radius 2 is 1.03 bits per heavy atom. The monoisotopic (exact) mass is 510 g/mol. The van der Waals surface area contributed by atoms with E-state index in [0.717, 1.165) is 52.2 Å². The fourth-order valence-electron chi connectivity index (χ4n) is 5.86. The highest BCUT2D eigenvalue weighted by atomic mass is 79.9. The van der Waals surface area contributed by atoms with Crippen molar-refractivity contribution in [3.8, 4) is 0 Å². The van der Waals surface area contributed by atoms with Gasteiger partial charge in [-0.25, -0.2) is 0 Å². The van der Waals surface area contributed by atoms with E-state index >= 15 is 0 Å². The maximum absolute atomic E-state index is 13.1. The molecular weight excluding hydrogens is 496 g/mol. The van der Waals surface area contributed by atoms with Crippen molar-refractivity contribution in [2.75, 3.05) is 14.1 Å². The van der Waals surface area contributed by atoms with Crippen molar-refractivity contribution < 1.29 is 19.2 Å². The molecule has 5 aromatic rings. The molecule has 2 aliphatic rings. The second kappa shape index (κ2) is 5.98. The second-order valence-corrected chi connectivity index (χ2v) is 9.91. The lowest BCUT2D eigenvalue weighted by atomic mass is 9.81. The van der Waals surface area contributed by atoms with Gasteiger partial charge in [0, 0.05) is 62.4 Å². The molecular formula is C27H15BrN2O4. The number of imide groups is 2. The molecule has 0 bridgehead atoms. The first-order valence-corrected chi connectivity index (χ1v) is 11.6. The molecule has 0 spiro atoms. The summed E-state index contributed by atoms with van der Waals surface area (Å²) in [5, 5.41) is 6.51. The average Bonchev–Trinajstić information content (AvgIpc) is 2.83. The highest BCUT2D eigenvalue weighted by molar-refractivity contribution is 9.10. The molecule has 0 saturated heterocycles. The molecule has 6 nitrogen and oxygen atoms in total. The molecule has 2 aliphatic heterocycles. The van der Waals surface area contributed by atoms with E-state index in [1.807, 2.05) is 25.1 Å². The number of amides is 4. The number of carbonyl (C=O) groups is 4. The van der Waals surface area contributed by atoms with Gasteiger partial charge in [0.1, 0.15) is 0 Å². The number of rotatable bonds is 0. The Balaban J connectivity index is 1.83. The molecule has 7 heteroatoms. The van der Waals surface area contributed by atoms with Gasteiger partial charge in [-0.15, -0.1) is 0 Å². The molecule has 0 unspecified atom stereocenters. The van der Waals surface area contributed by atoms with Crippen LogP contribution in [0.1, 0.15) is 47.0 Å². The number of hydrogen-bond acceptors (Lipinski definition) is 4. The molecule has 0 N–H and O–H groups in total. The lowest BCUT2D eigenvalue weighted by Crippen LogP contribution is -2.37. The topological polar surface area (TPSA) is 74.8 Å². The highest BCUT2D eigenvalue weighted by Crippen LogP contribution is 2.49. The predicted octanol–water partition coefficient (Wildman–Crippen LogP) is 5.26. The van der Waals surface area contributed by atoms with E-state index in [-0.39, 0.29) is 23.6 Å². The van der Waals surface area contributed by atoms with Crippen LogP contribution in [0.5, 0.6) is 0 Å². The molecule has 164 valence electrons. The first-order chi connectivity index (χ1) is 16.2. The third-order valence-corrected chi connectivity index (χ3v) is 8.02. The Kier molecular flexibility index (Phi) is 3.45. The van der Waals surface area contributed by atoms with E-state index in [4.69, 9.17) is 0 Å². The third-order valence-electron chi connectivity index (χ3n) is 7.39. The Hall–Kier alpha value is -3.84. The van der Waals surface area contributed by atoms with Gasteiger partial charge in [-0.1, -0.05) is 28.1 Å². The zero-order chi connectivity index (χ0) is 23.8. The van der Waals surface area contributed by atoms with Gasteiger partial charge < -0.3 is 0 Å². The number of benzene rings is 5. The van der Waals surface area contributed by atoms with E-state index in [0.29, 0.717) is 33.0 Å². The summed E-state index contributed by atoms with van der Waals surface area (Å²) in [6.45, 7) is 1.95. The van der Waals surface area contributed by atoms with Crippen molar-refractivity contribution in [3.05, 3.63) is 68.7 Å². The summed E-state index contributed by atoms with van der Waals surface area (Å²) in [5.74, 6) is -1.31. The van der Waals surface area contributed by atoms with Gasteiger partial charge in [0.25, 0.3) is 23.6 Å². The van der Waals surface area contributed by atoms with Crippen molar-refractivity contribution in [1.82, 2.24) is 9.80 Å². The van der Waals surface area contributed by atoms with Crippen LogP contribution in [0.25, 0.3) is 43.1 Å². The zero-order valence-corrected chi connectivity index (χ0v) is 20.0. The van der Waals surface area contributed by atoms with Gasteiger partial charge >= 0.3 is 0 Å². The van der Waals surface area contributed by atoms with E-state index in [2.05, 4.69) is 15.9 Å². The molecule has 0 aromatic heterocycles. The summed E-state index contributed by atoms with van der Waals surface area (Å²) < 4.78 is 0.723. The lowest BCUT2D eigenvalue weighted by molar-refractivity contribution is 0.0635. The van der Waals surface area contributed by atoms with Crippen molar-refractivity contribution in [3.63, 3.8) is 0 Å². The van der Waals surface area contributed by atoms with Crippen LogP contribution in [0.15, 0.2) is 40.9 Å². The Morgan fingerprint density at radius 1 is 0.559 bits per heavy atom. The van der Waals surface area contributed by atoms with Crippen molar-refractivity contribution in [2.24, 2.45) is 0 Å². The van der Waals surface area contributed by atoms with E-state index in [1.165, 1.54) is 14.1 Å². The Morgan fingerprint density at radius 3 is 1.62 bits per heavy atom. The van der Waals surface area contributed by atoms with E-state index < -0.39 is 0 Å². The van der Waals surface area contributed by atoms with Gasteiger partial charge in [-0.3, -0.25) is 29.0 Å². The minimum atomic E-state index is -0.338. The van der Waals surface area contributed by atoms with Gasteiger partial charge in [-0.2, -0.15) is 0 Å².